The highest BCUT2D eigenvalue weighted by Gasteiger charge is 1.94. The molecule has 0 fully saturated rings. The molecule has 0 aliphatic heterocycles. The molecular weight excluding hydrogens is 228 g/mol. The van der Waals surface area contributed by atoms with Gasteiger partial charge in [0.25, 0.3) is 0 Å². The summed E-state index contributed by atoms with van der Waals surface area (Å²) in [5.41, 5.74) is 0. The van der Waals surface area contributed by atoms with Crippen molar-refractivity contribution < 1.29 is 9.90 Å². The third-order valence-electron chi connectivity index (χ3n) is 1.73. The van der Waals surface area contributed by atoms with Gasteiger partial charge in [-0.1, -0.05) is 24.3 Å². The maximum atomic E-state index is 9.78. The summed E-state index contributed by atoms with van der Waals surface area (Å²) in [7, 11) is 0. The summed E-state index contributed by atoms with van der Waals surface area (Å²) < 4.78 is 0. The molecular formula is C14H24N2O2. The van der Waals surface area contributed by atoms with Gasteiger partial charge in [0.2, 0.25) is 0 Å². The number of rotatable bonds is 10. The highest BCUT2D eigenvalue weighted by Crippen LogP contribution is 1.88. The van der Waals surface area contributed by atoms with Gasteiger partial charge >= 0.3 is 5.97 Å². The topological polar surface area (TPSA) is 52.6 Å². The van der Waals surface area contributed by atoms with Crippen molar-refractivity contribution in [2.75, 3.05) is 32.7 Å². The van der Waals surface area contributed by atoms with Crippen molar-refractivity contribution in [3.8, 4) is 0 Å². The zero-order valence-corrected chi connectivity index (χ0v) is 11.0. The van der Waals surface area contributed by atoms with Gasteiger partial charge in [-0.15, -0.1) is 26.3 Å². The van der Waals surface area contributed by atoms with E-state index in [0.717, 1.165) is 19.6 Å². The Morgan fingerprint density at radius 2 is 1.44 bits per heavy atom. The van der Waals surface area contributed by atoms with Gasteiger partial charge in [0, 0.05) is 26.2 Å². The lowest BCUT2D eigenvalue weighted by Gasteiger charge is -2.15. The molecule has 0 amide bonds. The van der Waals surface area contributed by atoms with Crippen LogP contribution < -0.4 is 5.32 Å². The van der Waals surface area contributed by atoms with Crippen LogP contribution in [-0.4, -0.2) is 48.7 Å². The van der Waals surface area contributed by atoms with Gasteiger partial charge in [-0.05, 0) is 0 Å². The Kier molecular flexibility index (Phi) is 16.0. The van der Waals surface area contributed by atoms with Crippen molar-refractivity contribution >= 4 is 5.97 Å². The van der Waals surface area contributed by atoms with Crippen molar-refractivity contribution in [1.82, 2.24) is 10.2 Å². The minimum absolute atomic E-state index is 0.00597. The molecule has 0 saturated carbocycles. The molecule has 4 nitrogen and oxygen atoms in total. The monoisotopic (exact) mass is 252 g/mol. The van der Waals surface area contributed by atoms with Gasteiger partial charge in [-0.2, -0.15) is 0 Å². The van der Waals surface area contributed by atoms with E-state index in [-0.39, 0.29) is 6.54 Å². The van der Waals surface area contributed by atoms with Crippen LogP contribution in [0.3, 0.4) is 0 Å². The second-order valence-corrected chi connectivity index (χ2v) is 3.40. The Morgan fingerprint density at radius 3 is 1.72 bits per heavy atom. The number of nitrogens with zero attached hydrogens (tertiary/aromatic N) is 1. The molecule has 0 aromatic rings. The van der Waals surface area contributed by atoms with E-state index >= 15 is 0 Å². The number of hydrogen-bond acceptors (Lipinski definition) is 3. The number of hydrogen-bond donors (Lipinski definition) is 2. The minimum Gasteiger partial charge on any atom is -0.480 e. The average molecular weight is 252 g/mol. The lowest BCUT2D eigenvalue weighted by molar-refractivity contribution is -0.135. The molecule has 0 spiro atoms. The molecule has 102 valence electrons. The van der Waals surface area contributed by atoms with Crippen LogP contribution in [0, 0.1) is 0 Å². The number of carboxylic acids is 1. The summed E-state index contributed by atoms with van der Waals surface area (Å²) in [5, 5.41) is 10.7. The van der Waals surface area contributed by atoms with Crippen molar-refractivity contribution in [1.29, 1.82) is 0 Å². The zero-order chi connectivity index (χ0) is 14.2. The Hall–Kier alpha value is -1.65. The fourth-order valence-corrected chi connectivity index (χ4v) is 1.05. The van der Waals surface area contributed by atoms with Crippen molar-refractivity contribution in [2.45, 2.75) is 0 Å². The molecule has 0 saturated heterocycles. The molecule has 0 aromatic heterocycles. The van der Waals surface area contributed by atoms with Gasteiger partial charge in [-0.3, -0.25) is 9.69 Å². The summed E-state index contributed by atoms with van der Waals surface area (Å²) in [4.78, 5) is 12.0. The van der Waals surface area contributed by atoms with Gasteiger partial charge in [-0.25, -0.2) is 0 Å². The number of carboxylic acid groups (broad SMARTS) is 1. The summed E-state index contributed by atoms with van der Waals surface area (Å²) in [6.07, 6.45) is 7.26. The highest BCUT2D eigenvalue weighted by atomic mass is 16.4. The van der Waals surface area contributed by atoms with E-state index in [1.165, 1.54) is 0 Å². The maximum Gasteiger partial charge on any atom is 0.317 e. The first-order chi connectivity index (χ1) is 8.62. The minimum atomic E-state index is -0.841. The Labute approximate surface area is 110 Å². The fraction of sp³-hybridized carbons (Fsp3) is 0.357. The van der Waals surface area contributed by atoms with Gasteiger partial charge < -0.3 is 10.4 Å². The van der Waals surface area contributed by atoms with Crippen LogP contribution >= 0.6 is 0 Å². The first-order valence-electron chi connectivity index (χ1n) is 5.70. The molecule has 0 rings (SSSR count). The predicted octanol–water partition coefficient (Wildman–Crippen LogP) is 1.69. The first kappa shape index (κ1) is 18.7. The van der Waals surface area contributed by atoms with Crippen LogP contribution in [0.15, 0.2) is 50.6 Å². The standard InChI is InChI=1S/C9H15N.C5H9NO2/c1-4-7-10(8-5-2)9-6-3;1-2-3-6-4-5(7)8/h4-6H,1-3,7-9H2;2,6H,1,3-4H2,(H,7,8). The quantitative estimate of drug-likeness (QED) is 0.459. The van der Waals surface area contributed by atoms with E-state index in [1.54, 1.807) is 6.08 Å². The molecule has 0 aromatic carbocycles. The first-order valence-corrected chi connectivity index (χ1v) is 5.70. The van der Waals surface area contributed by atoms with E-state index in [0.29, 0.717) is 6.54 Å². The normalized spacial score (nSPS) is 8.94. The molecule has 18 heavy (non-hydrogen) atoms. The molecule has 4 heteroatoms. The summed E-state index contributed by atoms with van der Waals surface area (Å²) in [6, 6.07) is 0. The fourth-order valence-electron chi connectivity index (χ4n) is 1.05. The van der Waals surface area contributed by atoms with Crippen LogP contribution in [0.25, 0.3) is 0 Å². The predicted molar refractivity (Wildman–Crippen MR) is 77.7 cm³/mol. The van der Waals surface area contributed by atoms with Crippen molar-refractivity contribution in [2.24, 2.45) is 0 Å². The van der Waals surface area contributed by atoms with Crippen LogP contribution in [0.1, 0.15) is 0 Å². The summed E-state index contributed by atoms with van der Waals surface area (Å²) >= 11 is 0. The van der Waals surface area contributed by atoms with Gasteiger partial charge in [0.15, 0.2) is 0 Å². The van der Waals surface area contributed by atoms with E-state index in [9.17, 15) is 4.79 Å². The molecule has 0 heterocycles. The smallest absolute Gasteiger partial charge is 0.317 e. The second kappa shape index (κ2) is 15.4. The Morgan fingerprint density at radius 1 is 1.00 bits per heavy atom. The molecule has 0 bridgehead atoms. The van der Waals surface area contributed by atoms with E-state index in [4.69, 9.17) is 5.11 Å². The zero-order valence-electron chi connectivity index (χ0n) is 11.0. The number of nitrogens with one attached hydrogen (secondary N) is 1. The van der Waals surface area contributed by atoms with E-state index in [2.05, 4.69) is 36.5 Å². The van der Waals surface area contributed by atoms with Crippen molar-refractivity contribution in [3.63, 3.8) is 0 Å². The van der Waals surface area contributed by atoms with Crippen molar-refractivity contribution in [3.05, 3.63) is 50.6 Å². The lowest BCUT2D eigenvalue weighted by Crippen LogP contribution is -2.23. The maximum absolute atomic E-state index is 9.78. The van der Waals surface area contributed by atoms with Crippen LogP contribution in [-0.2, 0) is 4.79 Å². The third-order valence-corrected chi connectivity index (χ3v) is 1.73. The molecule has 0 aliphatic rings. The Bertz CT molecular complexity index is 239. The largest absolute Gasteiger partial charge is 0.480 e. The van der Waals surface area contributed by atoms with Gasteiger partial charge in [0.1, 0.15) is 0 Å². The van der Waals surface area contributed by atoms with E-state index < -0.39 is 5.97 Å². The lowest BCUT2D eigenvalue weighted by atomic mass is 10.4. The summed E-state index contributed by atoms with van der Waals surface area (Å²) in [5.74, 6) is -0.841. The van der Waals surface area contributed by atoms with Gasteiger partial charge in [0.05, 0.1) is 6.54 Å². The third kappa shape index (κ3) is 16.8. The average Bonchev–Trinajstić information content (AvgIpc) is 2.31. The Balaban J connectivity index is 0. The van der Waals surface area contributed by atoms with Crippen LogP contribution in [0.2, 0.25) is 0 Å². The molecule has 0 radical (unpaired) electrons. The molecule has 0 aliphatic carbocycles. The molecule has 0 atom stereocenters. The van der Waals surface area contributed by atoms with E-state index in [1.807, 2.05) is 18.2 Å². The van der Waals surface area contributed by atoms with Crippen LogP contribution in [0.5, 0.6) is 0 Å². The molecule has 0 unspecified atom stereocenters. The molecule has 2 N–H and O–H groups in total. The second-order valence-electron chi connectivity index (χ2n) is 3.40. The number of aliphatic carboxylic acids is 1. The number of carbonyl (C=O) groups is 1. The highest BCUT2D eigenvalue weighted by molar-refractivity contribution is 5.68. The summed E-state index contributed by atoms with van der Waals surface area (Å²) in [6.45, 7) is 17.6. The van der Waals surface area contributed by atoms with Crippen LogP contribution in [0.4, 0.5) is 0 Å². The SMILES string of the molecule is C=CCN(CC=C)CC=C.C=CCNCC(=O)O.